The summed E-state index contributed by atoms with van der Waals surface area (Å²) in [7, 11) is 1.30. The topological polar surface area (TPSA) is 51.2 Å². The van der Waals surface area contributed by atoms with Gasteiger partial charge < -0.3 is 10.1 Å². The van der Waals surface area contributed by atoms with E-state index in [2.05, 4.69) is 15.0 Å². The van der Waals surface area contributed by atoms with Crippen LogP contribution in [0.2, 0.25) is 5.02 Å². The molecule has 0 bridgehead atoms. The van der Waals surface area contributed by atoms with Gasteiger partial charge in [-0.25, -0.2) is 14.2 Å². The summed E-state index contributed by atoms with van der Waals surface area (Å²) in [6.07, 6.45) is 0. The van der Waals surface area contributed by atoms with Crippen LogP contribution in [0.1, 0.15) is 15.4 Å². The maximum atomic E-state index is 13.1. The number of esters is 1. The van der Waals surface area contributed by atoms with Crippen molar-refractivity contribution in [2.75, 3.05) is 12.4 Å². The van der Waals surface area contributed by atoms with Gasteiger partial charge in [0.25, 0.3) is 0 Å². The summed E-state index contributed by atoms with van der Waals surface area (Å²) in [6, 6.07) is 3.97. The van der Waals surface area contributed by atoms with Crippen molar-refractivity contribution in [2.45, 2.75) is 6.92 Å². The second kappa shape index (κ2) is 5.54. The number of aromatic nitrogens is 1. The molecule has 0 fully saturated rings. The molecule has 1 aromatic carbocycles. The first-order valence-corrected chi connectivity index (χ1v) is 6.48. The lowest BCUT2D eigenvalue weighted by Gasteiger charge is -2.04. The van der Waals surface area contributed by atoms with Gasteiger partial charge in [0.15, 0.2) is 5.13 Å². The number of nitrogens with one attached hydrogen (secondary N) is 1. The second-order valence-electron chi connectivity index (χ2n) is 3.67. The number of methoxy groups -OCH3 is 1. The van der Waals surface area contributed by atoms with Crippen LogP contribution in [-0.4, -0.2) is 18.1 Å². The number of thiazole rings is 1. The Bertz CT molecular complexity index is 630. The van der Waals surface area contributed by atoms with Crippen molar-refractivity contribution in [2.24, 2.45) is 0 Å². The highest BCUT2D eigenvalue weighted by Crippen LogP contribution is 2.30. The molecule has 0 saturated carbocycles. The SMILES string of the molecule is COC(=O)c1sc(Nc2cc(F)ccc2Cl)nc1C. The molecule has 7 heteroatoms. The fourth-order valence-corrected chi connectivity index (χ4v) is 2.50. The number of anilines is 2. The third-order valence-corrected chi connectivity index (χ3v) is 3.72. The zero-order chi connectivity index (χ0) is 14.0. The molecule has 1 N–H and O–H groups in total. The monoisotopic (exact) mass is 300 g/mol. The van der Waals surface area contributed by atoms with Crippen molar-refractivity contribution >= 4 is 39.7 Å². The van der Waals surface area contributed by atoms with E-state index in [-0.39, 0.29) is 0 Å². The van der Waals surface area contributed by atoms with E-state index in [1.807, 2.05) is 0 Å². The molecule has 0 aliphatic rings. The lowest BCUT2D eigenvalue weighted by Crippen LogP contribution is -1.99. The van der Waals surface area contributed by atoms with Crippen LogP contribution in [0.5, 0.6) is 0 Å². The van der Waals surface area contributed by atoms with E-state index >= 15 is 0 Å². The number of ether oxygens (including phenoxy) is 1. The lowest BCUT2D eigenvalue weighted by atomic mass is 10.3. The van der Waals surface area contributed by atoms with Crippen LogP contribution in [0.4, 0.5) is 15.2 Å². The van der Waals surface area contributed by atoms with Crippen molar-refractivity contribution in [1.82, 2.24) is 4.98 Å². The summed E-state index contributed by atoms with van der Waals surface area (Å²) in [5, 5.41) is 3.70. The Balaban J connectivity index is 2.29. The molecule has 4 nitrogen and oxygen atoms in total. The molecular weight excluding hydrogens is 291 g/mol. The average Bonchev–Trinajstić information content (AvgIpc) is 2.74. The molecule has 0 aliphatic carbocycles. The highest BCUT2D eigenvalue weighted by molar-refractivity contribution is 7.17. The molecule has 0 saturated heterocycles. The maximum absolute atomic E-state index is 13.1. The number of rotatable bonds is 3. The van der Waals surface area contributed by atoms with E-state index < -0.39 is 11.8 Å². The van der Waals surface area contributed by atoms with E-state index in [0.29, 0.717) is 26.4 Å². The Morgan fingerprint density at radius 2 is 2.26 bits per heavy atom. The zero-order valence-corrected chi connectivity index (χ0v) is 11.7. The molecule has 0 radical (unpaired) electrons. The molecule has 2 aromatic rings. The fraction of sp³-hybridized carbons (Fsp3) is 0.167. The molecule has 0 spiro atoms. The number of halogens is 2. The van der Waals surface area contributed by atoms with Crippen LogP contribution in [0.25, 0.3) is 0 Å². The van der Waals surface area contributed by atoms with Gasteiger partial charge in [-0.2, -0.15) is 0 Å². The van der Waals surface area contributed by atoms with Gasteiger partial charge in [0.05, 0.1) is 23.5 Å². The molecular formula is C12H10ClFN2O2S. The van der Waals surface area contributed by atoms with Gasteiger partial charge in [-0.3, -0.25) is 0 Å². The summed E-state index contributed by atoms with van der Waals surface area (Å²) < 4.78 is 17.8. The average molecular weight is 301 g/mol. The van der Waals surface area contributed by atoms with Crippen LogP contribution in [0.3, 0.4) is 0 Å². The first-order valence-electron chi connectivity index (χ1n) is 5.29. The highest BCUT2D eigenvalue weighted by atomic mass is 35.5. The summed E-state index contributed by atoms with van der Waals surface area (Å²) in [6.45, 7) is 1.70. The number of nitrogens with zero attached hydrogens (tertiary/aromatic N) is 1. The third-order valence-electron chi connectivity index (χ3n) is 2.34. The minimum Gasteiger partial charge on any atom is -0.465 e. The molecule has 0 aliphatic heterocycles. The molecule has 1 heterocycles. The smallest absolute Gasteiger partial charge is 0.350 e. The maximum Gasteiger partial charge on any atom is 0.350 e. The van der Waals surface area contributed by atoms with Crippen molar-refractivity contribution in [1.29, 1.82) is 0 Å². The normalized spacial score (nSPS) is 10.3. The van der Waals surface area contributed by atoms with Gasteiger partial charge in [0.2, 0.25) is 0 Å². The van der Waals surface area contributed by atoms with Crippen molar-refractivity contribution in [3.05, 3.63) is 39.6 Å². The summed E-state index contributed by atoms with van der Waals surface area (Å²) in [5.74, 6) is -0.859. The standard InChI is InChI=1S/C12H10ClFN2O2S/c1-6-10(11(17)18-2)19-12(15-6)16-9-5-7(14)3-4-8(9)13/h3-5H,1-2H3,(H,15,16). The minimum atomic E-state index is -0.451. The molecule has 1 aromatic heterocycles. The van der Waals surface area contributed by atoms with Crippen LogP contribution in [0.15, 0.2) is 18.2 Å². The first-order chi connectivity index (χ1) is 9.01. The van der Waals surface area contributed by atoms with Gasteiger partial charge >= 0.3 is 5.97 Å². The Labute approximate surface area is 118 Å². The second-order valence-corrected chi connectivity index (χ2v) is 5.08. The Hall–Kier alpha value is -1.66. The van der Waals surface area contributed by atoms with Gasteiger partial charge in [-0.05, 0) is 25.1 Å². The molecule has 2 rings (SSSR count). The zero-order valence-electron chi connectivity index (χ0n) is 10.2. The summed E-state index contributed by atoms with van der Waals surface area (Å²) in [4.78, 5) is 16.0. The van der Waals surface area contributed by atoms with Crippen LogP contribution in [0, 0.1) is 12.7 Å². The number of hydrogen-bond donors (Lipinski definition) is 1. The van der Waals surface area contributed by atoms with E-state index in [4.69, 9.17) is 11.6 Å². The third kappa shape index (κ3) is 3.02. The Morgan fingerprint density at radius 3 is 2.95 bits per heavy atom. The Kier molecular flexibility index (Phi) is 4.01. The van der Waals surface area contributed by atoms with Crippen LogP contribution < -0.4 is 5.32 Å². The van der Waals surface area contributed by atoms with Gasteiger partial charge in [0.1, 0.15) is 10.7 Å². The molecule has 19 heavy (non-hydrogen) atoms. The van der Waals surface area contributed by atoms with E-state index in [9.17, 15) is 9.18 Å². The van der Waals surface area contributed by atoms with Gasteiger partial charge in [-0.15, -0.1) is 0 Å². The first kappa shape index (κ1) is 13.8. The quantitative estimate of drug-likeness (QED) is 0.877. The number of carbonyl (C=O) groups excluding carboxylic acids is 1. The Morgan fingerprint density at radius 1 is 1.53 bits per heavy atom. The molecule has 0 unspecified atom stereocenters. The summed E-state index contributed by atoms with van der Waals surface area (Å²) >= 11 is 7.06. The van der Waals surface area contributed by atoms with Gasteiger partial charge in [-0.1, -0.05) is 22.9 Å². The number of benzene rings is 1. The van der Waals surface area contributed by atoms with Crippen LogP contribution in [-0.2, 0) is 4.74 Å². The predicted octanol–water partition coefficient (Wildman–Crippen LogP) is 3.77. The van der Waals surface area contributed by atoms with Crippen molar-refractivity contribution in [3.63, 3.8) is 0 Å². The molecule has 0 amide bonds. The molecule has 100 valence electrons. The fourth-order valence-electron chi connectivity index (χ4n) is 1.44. The minimum absolute atomic E-state index is 0.369. The highest BCUT2D eigenvalue weighted by Gasteiger charge is 2.16. The van der Waals surface area contributed by atoms with Crippen LogP contribution >= 0.6 is 22.9 Å². The number of aryl methyl sites for hydroxylation is 1. The number of carbonyl (C=O) groups is 1. The largest absolute Gasteiger partial charge is 0.465 e. The lowest BCUT2D eigenvalue weighted by molar-refractivity contribution is 0.0605. The van der Waals surface area contributed by atoms with Crippen molar-refractivity contribution in [3.8, 4) is 0 Å². The van der Waals surface area contributed by atoms with Gasteiger partial charge in [0, 0.05) is 0 Å². The predicted molar refractivity (Wildman–Crippen MR) is 72.9 cm³/mol. The van der Waals surface area contributed by atoms with E-state index in [1.54, 1.807) is 6.92 Å². The summed E-state index contributed by atoms with van der Waals surface area (Å²) in [5.41, 5.74) is 0.943. The molecule has 0 atom stereocenters. The van der Waals surface area contributed by atoms with E-state index in [0.717, 1.165) is 11.3 Å². The number of hydrogen-bond acceptors (Lipinski definition) is 5. The van der Waals surface area contributed by atoms with E-state index in [1.165, 1.54) is 25.3 Å². The van der Waals surface area contributed by atoms with Crippen molar-refractivity contribution < 1.29 is 13.9 Å².